The number of para-hydroxylation sites is 1. The van der Waals surface area contributed by atoms with E-state index < -0.39 is 5.66 Å². The summed E-state index contributed by atoms with van der Waals surface area (Å²) in [5.41, 5.74) is 0.356. The first-order valence-corrected chi connectivity index (χ1v) is 9.38. The quantitative estimate of drug-likeness (QED) is 0.725. The SMILES string of the molecule is C#CCCC1(CCC(=O)N2CCC(NC(=O)Nc3ccccc3)CC2)N=N1. The summed E-state index contributed by atoms with van der Waals surface area (Å²) in [5.74, 6) is 2.72. The van der Waals surface area contributed by atoms with Crippen molar-refractivity contribution in [1.82, 2.24) is 10.2 Å². The molecule has 0 saturated carbocycles. The fourth-order valence-electron chi connectivity index (χ4n) is 3.28. The number of amides is 3. The molecule has 1 aromatic rings. The number of carbonyl (C=O) groups excluding carboxylic acids is 2. The zero-order chi connectivity index (χ0) is 19.1. The van der Waals surface area contributed by atoms with Gasteiger partial charge < -0.3 is 15.5 Å². The number of urea groups is 1. The average Bonchev–Trinajstić information content (AvgIpc) is 3.46. The fourth-order valence-corrected chi connectivity index (χ4v) is 3.28. The summed E-state index contributed by atoms with van der Waals surface area (Å²) in [6.45, 7) is 1.31. The maximum absolute atomic E-state index is 12.4. The Balaban J connectivity index is 1.35. The third kappa shape index (κ3) is 5.55. The number of anilines is 1. The molecule has 2 aliphatic rings. The lowest BCUT2D eigenvalue weighted by atomic mass is 10.0. The molecular weight excluding hydrogens is 342 g/mol. The van der Waals surface area contributed by atoms with Gasteiger partial charge in [-0.25, -0.2) is 4.79 Å². The molecule has 0 atom stereocenters. The number of carbonyl (C=O) groups is 2. The molecule has 1 fully saturated rings. The second-order valence-electron chi connectivity index (χ2n) is 7.01. The molecule has 0 spiro atoms. The first-order chi connectivity index (χ1) is 13.1. The van der Waals surface area contributed by atoms with E-state index in [1.807, 2.05) is 35.2 Å². The van der Waals surface area contributed by atoms with Crippen LogP contribution >= 0.6 is 0 Å². The lowest BCUT2D eigenvalue weighted by Crippen LogP contribution is -2.47. The van der Waals surface area contributed by atoms with Crippen LogP contribution in [-0.2, 0) is 4.79 Å². The van der Waals surface area contributed by atoms with Crippen LogP contribution in [-0.4, -0.2) is 41.6 Å². The summed E-state index contributed by atoms with van der Waals surface area (Å²) >= 11 is 0. The number of rotatable bonds is 7. The summed E-state index contributed by atoms with van der Waals surface area (Å²) in [4.78, 5) is 26.3. The molecule has 3 rings (SSSR count). The summed E-state index contributed by atoms with van der Waals surface area (Å²) in [6.07, 6.45) is 9.21. The molecule has 0 unspecified atom stereocenters. The second kappa shape index (κ2) is 8.67. The normalized spacial score (nSPS) is 17.8. The zero-order valence-electron chi connectivity index (χ0n) is 15.4. The number of hydrogen-bond acceptors (Lipinski definition) is 4. The molecule has 0 aromatic heterocycles. The minimum atomic E-state index is -0.405. The van der Waals surface area contributed by atoms with Gasteiger partial charge in [-0.05, 0) is 25.0 Å². The lowest BCUT2D eigenvalue weighted by Gasteiger charge is -2.32. The Hall–Kier alpha value is -2.88. The smallest absolute Gasteiger partial charge is 0.319 e. The monoisotopic (exact) mass is 367 g/mol. The van der Waals surface area contributed by atoms with Gasteiger partial charge in [-0.15, -0.1) is 12.3 Å². The van der Waals surface area contributed by atoms with Gasteiger partial charge in [0.25, 0.3) is 0 Å². The van der Waals surface area contributed by atoms with Crippen LogP contribution in [0, 0.1) is 12.3 Å². The van der Waals surface area contributed by atoms with Gasteiger partial charge in [-0.3, -0.25) is 4.79 Å². The maximum Gasteiger partial charge on any atom is 0.319 e. The highest BCUT2D eigenvalue weighted by Gasteiger charge is 2.39. The predicted molar refractivity (Wildman–Crippen MR) is 103 cm³/mol. The van der Waals surface area contributed by atoms with Crippen molar-refractivity contribution in [3.63, 3.8) is 0 Å². The molecule has 3 amide bonds. The Bertz CT molecular complexity index is 726. The minimum absolute atomic E-state index is 0.0770. The van der Waals surface area contributed by atoms with Crippen LogP contribution in [0.1, 0.15) is 38.5 Å². The first kappa shape index (κ1) is 18.9. The Morgan fingerprint density at radius 1 is 1.19 bits per heavy atom. The first-order valence-electron chi connectivity index (χ1n) is 9.38. The largest absolute Gasteiger partial charge is 0.343 e. The van der Waals surface area contributed by atoms with Crippen molar-refractivity contribution in [1.29, 1.82) is 0 Å². The number of likely N-dealkylation sites (tertiary alicyclic amines) is 1. The Kier molecular flexibility index (Phi) is 6.07. The summed E-state index contributed by atoms with van der Waals surface area (Å²) < 4.78 is 0. The predicted octanol–water partition coefficient (Wildman–Crippen LogP) is 3.15. The van der Waals surface area contributed by atoms with Crippen molar-refractivity contribution >= 4 is 17.6 Å². The number of hydrogen-bond donors (Lipinski definition) is 2. The average molecular weight is 367 g/mol. The van der Waals surface area contributed by atoms with E-state index in [1.54, 1.807) is 0 Å². The molecule has 142 valence electrons. The van der Waals surface area contributed by atoms with Crippen LogP contribution in [0.5, 0.6) is 0 Å². The summed E-state index contributed by atoms with van der Waals surface area (Å²) in [7, 11) is 0. The molecule has 27 heavy (non-hydrogen) atoms. The van der Waals surface area contributed by atoms with Gasteiger partial charge in [-0.1, -0.05) is 18.2 Å². The van der Waals surface area contributed by atoms with Gasteiger partial charge in [0.05, 0.1) is 0 Å². The van der Waals surface area contributed by atoms with Crippen LogP contribution < -0.4 is 10.6 Å². The highest BCUT2D eigenvalue weighted by molar-refractivity contribution is 5.89. The lowest BCUT2D eigenvalue weighted by molar-refractivity contribution is -0.132. The third-order valence-corrected chi connectivity index (χ3v) is 5.01. The molecular formula is C20H25N5O2. The molecule has 2 heterocycles. The van der Waals surface area contributed by atoms with E-state index >= 15 is 0 Å². The molecule has 2 aliphatic heterocycles. The third-order valence-electron chi connectivity index (χ3n) is 5.01. The van der Waals surface area contributed by atoms with E-state index in [0.717, 1.165) is 24.9 Å². The molecule has 0 bridgehead atoms. The minimum Gasteiger partial charge on any atom is -0.343 e. The highest BCUT2D eigenvalue weighted by Crippen LogP contribution is 2.37. The number of nitrogens with one attached hydrogen (secondary N) is 2. The zero-order valence-corrected chi connectivity index (χ0v) is 15.4. The molecule has 7 nitrogen and oxygen atoms in total. The number of nitrogens with zero attached hydrogens (tertiary/aromatic N) is 3. The molecule has 0 radical (unpaired) electrons. The van der Waals surface area contributed by atoms with Gasteiger partial charge in [-0.2, -0.15) is 10.2 Å². The van der Waals surface area contributed by atoms with Gasteiger partial charge in [0.15, 0.2) is 5.66 Å². The van der Waals surface area contributed by atoms with Gasteiger partial charge >= 0.3 is 6.03 Å². The Morgan fingerprint density at radius 2 is 1.89 bits per heavy atom. The summed E-state index contributed by atoms with van der Waals surface area (Å²) in [5, 5.41) is 13.9. The van der Waals surface area contributed by atoms with Gasteiger partial charge in [0.1, 0.15) is 0 Å². The van der Waals surface area contributed by atoms with Crippen LogP contribution in [0.2, 0.25) is 0 Å². The number of terminal acetylenes is 1. The van der Waals surface area contributed by atoms with E-state index in [0.29, 0.717) is 32.4 Å². The highest BCUT2D eigenvalue weighted by atomic mass is 16.2. The van der Waals surface area contributed by atoms with E-state index in [9.17, 15) is 9.59 Å². The van der Waals surface area contributed by atoms with Crippen molar-refractivity contribution < 1.29 is 9.59 Å². The van der Waals surface area contributed by atoms with Gasteiger partial charge in [0.2, 0.25) is 5.91 Å². The Labute approximate surface area is 159 Å². The number of piperidine rings is 1. The van der Waals surface area contributed by atoms with Crippen molar-refractivity contribution in [2.24, 2.45) is 10.2 Å². The Morgan fingerprint density at radius 3 is 2.52 bits per heavy atom. The van der Waals surface area contributed by atoms with Crippen LogP contribution in [0.4, 0.5) is 10.5 Å². The van der Waals surface area contributed by atoms with Crippen molar-refractivity contribution in [3.05, 3.63) is 30.3 Å². The van der Waals surface area contributed by atoms with Crippen molar-refractivity contribution in [2.75, 3.05) is 18.4 Å². The van der Waals surface area contributed by atoms with Crippen molar-refractivity contribution in [2.45, 2.75) is 50.2 Å². The second-order valence-corrected chi connectivity index (χ2v) is 7.01. The molecule has 1 aromatic carbocycles. The summed E-state index contributed by atoms with van der Waals surface area (Å²) in [6, 6.07) is 9.20. The van der Waals surface area contributed by atoms with Crippen molar-refractivity contribution in [3.8, 4) is 12.3 Å². The molecule has 1 saturated heterocycles. The van der Waals surface area contributed by atoms with Crippen LogP contribution in [0.3, 0.4) is 0 Å². The van der Waals surface area contributed by atoms with Crippen LogP contribution in [0.15, 0.2) is 40.6 Å². The fraction of sp³-hybridized carbons (Fsp3) is 0.500. The molecule has 2 N–H and O–H groups in total. The molecule has 7 heteroatoms. The topological polar surface area (TPSA) is 86.2 Å². The number of benzene rings is 1. The van der Waals surface area contributed by atoms with E-state index in [1.165, 1.54) is 0 Å². The van der Waals surface area contributed by atoms with E-state index in [2.05, 4.69) is 26.8 Å². The van der Waals surface area contributed by atoms with E-state index in [4.69, 9.17) is 6.42 Å². The molecule has 0 aliphatic carbocycles. The van der Waals surface area contributed by atoms with E-state index in [-0.39, 0.29) is 18.0 Å². The maximum atomic E-state index is 12.4. The van der Waals surface area contributed by atoms with Crippen LogP contribution in [0.25, 0.3) is 0 Å². The standard InChI is InChI=1S/C20H25N5O2/c1-2-3-12-20(23-24-20)13-9-18(26)25-14-10-17(11-15-25)22-19(27)21-16-7-5-4-6-8-16/h1,4-8,17H,3,9-15H2,(H2,21,22,27). The van der Waals surface area contributed by atoms with Gasteiger partial charge in [0, 0.05) is 50.5 Å².